The van der Waals surface area contributed by atoms with Crippen LogP contribution in [0.4, 0.5) is 10.1 Å². The summed E-state index contributed by atoms with van der Waals surface area (Å²) < 4.78 is 18.1. The van der Waals surface area contributed by atoms with Crippen LogP contribution in [0.2, 0.25) is 0 Å². The minimum atomic E-state index is -0.674. The highest BCUT2D eigenvalue weighted by molar-refractivity contribution is 5.80. The summed E-state index contributed by atoms with van der Waals surface area (Å²) in [6, 6.07) is 6.49. The van der Waals surface area contributed by atoms with Crippen LogP contribution in [0.5, 0.6) is 0 Å². The van der Waals surface area contributed by atoms with Crippen molar-refractivity contribution in [2.45, 2.75) is 32.2 Å². The number of carbonyl (C=O) groups is 1. The van der Waals surface area contributed by atoms with Gasteiger partial charge in [-0.25, -0.2) is 4.39 Å². The molecule has 1 N–H and O–H groups in total. The standard InChI is InChI=1S/C16H25FN2O2/c1-5-18-16(2,15(20)21-4)10-7-11-19(3)14-9-6-8-13(17)12-14/h6,8-9,12,18H,5,7,10-11H2,1-4H3. The van der Waals surface area contributed by atoms with Gasteiger partial charge < -0.3 is 15.0 Å². The minimum Gasteiger partial charge on any atom is -0.468 e. The van der Waals surface area contributed by atoms with Crippen LogP contribution in [0.25, 0.3) is 0 Å². The number of hydrogen-bond donors (Lipinski definition) is 1. The lowest BCUT2D eigenvalue weighted by molar-refractivity contribution is -0.148. The fourth-order valence-electron chi connectivity index (χ4n) is 2.39. The molecule has 0 aliphatic carbocycles. The van der Waals surface area contributed by atoms with E-state index in [1.807, 2.05) is 31.9 Å². The van der Waals surface area contributed by atoms with Crippen molar-refractivity contribution in [2.24, 2.45) is 0 Å². The second-order valence-electron chi connectivity index (χ2n) is 5.36. The molecule has 1 unspecified atom stereocenters. The van der Waals surface area contributed by atoms with Gasteiger partial charge in [-0.2, -0.15) is 0 Å². The normalized spacial score (nSPS) is 13.6. The predicted octanol–water partition coefficient (Wildman–Crippen LogP) is 2.58. The number of nitrogens with zero attached hydrogens (tertiary/aromatic N) is 1. The maximum absolute atomic E-state index is 13.2. The Labute approximate surface area is 126 Å². The van der Waals surface area contributed by atoms with Crippen LogP contribution in [0.15, 0.2) is 24.3 Å². The number of halogens is 1. The molecule has 0 spiro atoms. The van der Waals surface area contributed by atoms with Crippen LogP contribution in [0.1, 0.15) is 26.7 Å². The molecule has 0 radical (unpaired) electrons. The molecule has 0 aliphatic heterocycles. The van der Waals surface area contributed by atoms with Gasteiger partial charge in [-0.3, -0.25) is 4.79 Å². The molecular formula is C16H25FN2O2. The molecule has 118 valence electrons. The summed E-state index contributed by atoms with van der Waals surface area (Å²) in [7, 11) is 3.31. The molecule has 0 amide bonds. The van der Waals surface area contributed by atoms with Gasteiger partial charge in [-0.15, -0.1) is 0 Å². The first-order chi connectivity index (χ1) is 9.92. The van der Waals surface area contributed by atoms with Crippen LogP contribution in [-0.2, 0) is 9.53 Å². The molecule has 1 aromatic carbocycles. The highest BCUT2D eigenvalue weighted by Crippen LogP contribution is 2.18. The first kappa shape index (κ1) is 17.4. The SMILES string of the molecule is CCNC(C)(CCCN(C)c1cccc(F)c1)C(=O)OC. The molecule has 0 fully saturated rings. The Balaban J connectivity index is 2.56. The molecule has 1 rings (SSSR count). The van der Waals surface area contributed by atoms with Gasteiger partial charge in [0.2, 0.25) is 0 Å². The molecule has 5 heteroatoms. The third kappa shape index (κ3) is 5.01. The summed E-state index contributed by atoms with van der Waals surface area (Å²) in [4.78, 5) is 13.8. The Bertz CT molecular complexity index is 467. The van der Waals surface area contributed by atoms with Crippen LogP contribution >= 0.6 is 0 Å². The molecular weight excluding hydrogens is 271 g/mol. The molecule has 0 saturated carbocycles. The fourth-order valence-corrected chi connectivity index (χ4v) is 2.39. The number of ether oxygens (including phenoxy) is 1. The van der Waals surface area contributed by atoms with Crippen molar-refractivity contribution in [2.75, 3.05) is 32.1 Å². The lowest BCUT2D eigenvalue weighted by Crippen LogP contribution is -2.50. The van der Waals surface area contributed by atoms with Crippen molar-refractivity contribution in [3.8, 4) is 0 Å². The largest absolute Gasteiger partial charge is 0.468 e. The number of anilines is 1. The van der Waals surface area contributed by atoms with Gasteiger partial charge in [-0.05, 0) is 44.5 Å². The van der Waals surface area contributed by atoms with Gasteiger partial charge in [0, 0.05) is 19.3 Å². The third-order valence-electron chi connectivity index (χ3n) is 3.62. The van der Waals surface area contributed by atoms with Crippen LogP contribution in [0.3, 0.4) is 0 Å². The van der Waals surface area contributed by atoms with E-state index >= 15 is 0 Å². The Morgan fingerprint density at radius 1 is 1.48 bits per heavy atom. The Hall–Kier alpha value is -1.62. The Morgan fingerprint density at radius 2 is 2.19 bits per heavy atom. The number of methoxy groups -OCH3 is 1. The topological polar surface area (TPSA) is 41.6 Å². The summed E-state index contributed by atoms with van der Waals surface area (Å²) in [6.45, 7) is 5.25. The quantitative estimate of drug-likeness (QED) is 0.749. The van der Waals surface area contributed by atoms with Crippen molar-refractivity contribution in [1.82, 2.24) is 5.32 Å². The maximum atomic E-state index is 13.2. The molecule has 0 aliphatic rings. The van der Waals surface area contributed by atoms with Crippen molar-refractivity contribution in [3.05, 3.63) is 30.1 Å². The van der Waals surface area contributed by atoms with Crippen molar-refractivity contribution in [1.29, 1.82) is 0 Å². The number of esters is 1. The van der Waals surface area contributed by atoms with Gasteiger partial charge in [0.25, 0.3) is 0 Å². The summed E-state index contributed by atoms with van der Waals surface area (Å²) in [5, 5.41) is 3.18. The minimum absolute atomic E-state index is 0.244. The van der Waals surface area contributed by atoms with E-state index in [0.29, 0.717) is 13.0 Å². The van der Waals surface area contributed by atoms with E-state index in [2.05, 4.69) is 5.32 Å². The second-order valence-corrected chi connectivity index (χ2v) is 5.36. The smallest absolute Gasteiger partial charge is 0.325 e. The first-order valence-electron chi connectivity index (χ1n) is 7.23. The summed E-state index contributed by atoms with van der Waals surface area (Å²) >= 11 is 0. The van der Waals surface area contributed by atoms with E-state index in [4.69, 9.17) is 4.74 Å². The van der Waals surface area contributed by atoms with E-state index in [1.165, 1.54) is 19.2 Å². The number of nitrogens with one attached hydrogen (secondary N) is 1. The Kier molecular flexibility index (Phi) is 6.62. The van der Waals surface area contributed by atoms with Crippen LogP contribution < -0.4 is 10.2 Å². The molecule has 1 aromatic rings. The second kappa shape index (κ2) is 7.98. The summed E-state index contributed by atoms with van der Waals surface area (Å²) in [5.74, 6) is -0.496. The zero-order chi connectivity index (χ0) is 15.9. The van der Waals surface area contributed by atoms with Crippen LogP contribution in [0, 0.1) is 5.82 Å². The lowest BCUT2D eigenvalue weighted by Gasteiger charge is -2.28. The van der Waals surface area contributed by atoms with Gasteiger partial charge in [0.1, 0.15) is 11.4 Å². The van der Waals surface area contributed by atoms with Gasteiger partial charge in [-0.1, -0.05) is 13.0 Å². The maximum Gasteiger partial charge on any atom is 0.325 e. The molecule has 0 aromatic heterocycles. The average Bonchev–Trinajstić information content (AvgIpc) is 2.46. The predicted molar refractivity (Wildman–Crippen MR) is 83.0 cm³/mol. The number of likely N-dealkylation sites (N-methyl/N-ethyl adjacent to an activating group) is 1. The van der Waals surface area contributed by atoms with E-state index in [-0.39, 0.29) is 11.8 Å². The molecule has 21 heavy (non-hydrogen) atoms. The zero-order valence-electron chi connectivity index (χ0n) is 13.3. The molecule has 1 atom stereocenters. The van der Waals surface area contributed by atoms with Crippen molar-refractivity contribution in [3.63, 3.8) is 0 Å². The summed E-state index contributed by atoms with van der Waals surface area (Å²) in [5.41, 5.74) is 0.157. The molecule has 0 heterocycles. The van der Waals surface area contributed by atoms with Gasteiger partial charge >= 0.3 is 5.97 Å². The average molecular weight is 296 g/mol. The fraction of sp³-hybridized carbons (Fsp3) is 0.562. The number of carbonyl (C=O) groups excluding carboxylic acids is 1. The Morgan fingerprint density at radius 3 is 2.76 bits per heavy atom. The number of rotatable bonds is 8. The van der Waals surface area contributed by atoms with Gasteiger partial charge in [0.05, 0.1) is 7.11 Å². The van der Waals surface area contributed by atoms with E-state index < -0.39 is 5.54 Å². The van der Waals surface area contributed by atoms with Crippen molar-refractivity contribution >= 4 is 11.7 Å². The molecule has 0 saturated heterocycles. The number of benzene rings is 1. The van der Waals surface area contributed by atoms with E-state index in [0.717, 1.165) is 18.7 Å². The van der Waals surface area contributed by atoms with E-state index in [9.17, 15) is 9.18 Å². The first-order valence-corrected chi connectivity index (χ1v) is 7.23. The zero-order valence-corrected chi connectivity index (χ0v) is 13.3. The third-order valence-corrected chi connectivity index (χ3v) is 3.62. The molecule has 4 nitrogen and oxygen atoms in total. The highest BCUT2D eigenvalue weighted by Gasteiger charge is 2.32. The van der Waals surface area contributed by atoms with E-state index in [1.54, 1.807) is 6.07 Å². The number of hydrogen-bond acceptors (Lipinski definition) is 4. The highest BCUT2D eigenvalue weighted by atomic mass is 19.1. The summed E-state index contributed by atoms with van der Waals surface area (Å²) in [6.07, 6.45) is 1.46. The van der Waals surface area contributed by atoms with Crippen molar-refractivity contribution < 1.29 is 13.9 Å². The van der Waals surface area contributed by atoms with Gasteiger partial charge in [0.15, 0.2) is 0 Å². The monoisotopic (exact) mass is 296 g/mol. The van der Waals surface area contributed by atoms with Crippen LogP contribution in [-0.4, -0.2) is 38.8 Å². The molecule has 0 bridgehead atoms. The lowest BCUT2D eigenvalue weighted by atomic mass is 9.95.